The molecule has 4 nitrogen and oxygen atoms in total. The molecule has 0 aromatic rings. The van der Waals surface area contributed by atoms with Crippen LogP contribution >= 0.6 is 0 Å². The van der Waals surface area contributed by atoms with Gasteiger partial charge in [0, 0.05) is 39.5 Å². The summed E-state index contributed by atoms with van der Waals surface area (Å²) in [6, 6.07) is 0. The third kappa shape index (κ3) is 29.3. The predicted molar refractivity (Wildman–Crippen MR) is 177 cm³/mol. The Bertz CT molecular complexity index is 408. The van der Waals surface area contributed by atoms with Crippen molar-refractivity contribution in [1.29, 1.82) is 0 Å². The van der Waals surface area contributed by atoms with Crippen LogP contribution in [0, 0.1) is 17.8 Å². The van der Waals surface area contributed by atoms with E-state index in [-0.39, 0.29) is 0 Å². The van der Waals surface area contributed by atoms with Gasteiger partial charge in [0.2, 0.25) is 0 Å². The van der Waals surface area contributed by atoms with E-state index in [2.05, 4.69) is 46.4 Å². The van der Waals surface area contributed by atoms with Crippen LogP contribution in [0.2, 0.25) is 0 Å². The van der Waals surface area contributed by atoms with E-state index in [1.807, 2.05) is 0 Å². The first-order valence-electron chi connectivity index (χ1n) is 18.0. The molecule has 0 fully saturated rings. The lowest BCUT2D eigenvalue weighted by Gasteiger charge is -2.23. The highest BCUT2D eigenvalue weighted by Gasteiger charge is 2.09. The van der Waals surface area contributed by atoms with E-state index in [1.54, 1.807) is 0 Å². The van der Waals surface area contributed by atoms with E-state index in [1.165, 1.54) is 116 Å². The standard InChI is InChI=1S/C36H75NO3/c1-7-10-13-16-19-22-34(4)31-38-28-25-37(26-29-39-32-35(5)23-20-17-14-11-8-2)27-30-40-33-36(6)24-21-18-15-12-9-3/h34-36H,7-33H2,1-6H3. The molecule has 40 heavy (non-hydrogen) atoms. The molecule has 0 bridgehead atoms. The topological polar surface area (TPSA) is 30.9 Å². The molecule has 0 heterocycles. The van der Waals surface area contributed by atoms with Crippen molar-refractivity contribution in [2.75, 3.05) is 59.3 Å². The molecule has 0 spiro atoms. The van der Waals surface area contributed by atoms with E-state index < -0.39 is 0 Å². The third-order valence-corrected chi connectivity index (χ3v) is 8.26. The first-order chi connectivity index (χ1) is 19.5. The highest BCUT2D eigenvalue weighted by molar-refractivity contribution is 4.61. The Kier molecular flexibility index (Phi) is 31.6. The van der Waals surface area contributed by atoms with Crippen molar-refractivity contribution in [3.05, 3.63) is 0 Å². The van der Waals surface area contributed by atoms with Crippen LogP contribution in [0.25, 0.3) is 0 Å². The van der Waals surface area contributed by atoms with Gasteiger partial charge in [-0.2, -0.15) is 0 Å². The number of rotatable bonds is 33. The van der Waals surface area contributed by atoms with Gasteiger partial charge in [-0.05, 0) is 37.0 Å². The van der Waals surface area contributed by atoms with Gasteiger partial charge >= 0.3 is 0 Å². The van der Waals surface area contributed by atoms with Crippen molar-refractivity contribution in [2.45, 2.75) is 157 Å². The zero-order valence-corrected chi connectivity index (χ0v) is 28.5. The minimum absolute atomic E-state index is 0.661. The molecule has 0 amide bonds. The van der Waals surface area contributed by atoms with E-state index in [4.69, 9.17) is 14.2 Å². The Morgan fingerprint density at radius 1 is 0.400 bits per heavy atom. The summed E-state index contributed by atoms with van der Waals surface area (Å²) in [5.74, 6) is 1.98. The molecule has 0 aliphatic carbocycles. The summed E-state index contributed by atoms with van der Waals surface area (Å²) in [4.78, 5) is 2.49. The Morgan fingerprint density at radius 2 is 0.675 bits per heavy atom. The maximum Gasteiger partial charge on any atom is 0.0593 e. The van der Waals surface area contributed by atoms with Crippen LogP contribution in [-0.4, -0.2) is 64.2 Å². The fourth-order valence-electron chi connectivity index (χ4n) is 5.31. The third-order valence-electron chi connectivity index (χ3n) is 8.26. The predicted octanol–water partition coefficient (Wildman–Crippen LogP) is 10.3. The van der Waals surface area contributed by atoms with Gasteiger partial charge in [0.25, 0.3) is 0 Å². The molecule has 0 saturated heterocycles. The van der Waals surface area contributed by atoms with Crippen LogP contribution in [-0.2, 0) is 14.2 Å². The lowest BCUT2D eigenvalue weighted by molar-refractivity contribution is 0.0340. The Balaban J connectivity index is 4.21. The van der Waals surface area contributed by atoms with Gasteiger partial charge in [0.05, 0.1) is 19.8 Å². The van der Waals surface area contributed by atoms with Crippen LogP contribution in [0.5, 0.6) is 0 Å². The summed E-state index contributed by atoms with van der Waals surface area (Å²) in [6.45, 7) is 21.9. The summed E-state index contributed by atoms with van der Waals surface area (Å²) in [5, 5.41) is 0. The lowest BCUT2D eigenvalue weighted by atomic mass is 10.0. The van der Waals surface area contributed by atoms with Crippen molar-refractivity contribution < 1.29 is 14.2 Å². The molecule has 0 aliphatic rings. The van der Waals surface area contributed by atoms with Gasteiger partial charge in [-0.25, -0.2) is 0 Å². The molecule has 0 aromatic carbocycles. The minimum Gasteiger partial charge on any atom is -0.380 e. The monoisotopic (exact) mass is 570 g/mol. The summed E-state index contributed by atoms with van der Waals surface area (Å²) in [6.07, 6.45) is 24.3. The maximum absolute atomic E-state index is 6.11. The molecule has 0 N–H and O–H groups in total. The number of unbranched alkanes of at least 4 members (excludes halogenated alkanes) is 12. The van der Waals surface area contributed by atoms with E-state index in [0.29, 0.717) is 17.8 Å². The normalized spacial score (nSPS) is 14.2. The highest BCUT2D eigenvalue weighted by Crippen LogP contribution is 2.14. The number of ether oxygens (including phenoxy) is 3. The first-order valence-corrected chi connectivity index (χ1v) is 18.0. The average Bonchev–Trinajstić information content (AvgIpc) is 2.94. The molecular weight excluding hydrogens is 494 g/mol. The number of hydrogen-bond acceptors (Lipinski definition) is 4. The van der Waals surface area contributed by atoms with Crippen LogP contribution in [0.4, 0.5) is 0 Å². The molecule has 242 valence electrons. The van der Waals surface area contributed by atoms with Gasteiger partial charge in [-0.1, -0.05) is 138 Å². The van der Waals surface area contributed by atoms with E-state index in [0.717, 1.165) is 59.3 Å². The van der Waals surface area contributed by atoms with E-state index >= 15 is 0 Å². The van der Waals surface area contributed by atoms with Gasteiger partial charge in [-0.3, -0.25) is 4.90 Å². The Hall–Kier alpha value is -0.160. The van der Waals surface area contributed by atoms with Crippen molar-refractivity contribution in [3.8, 4) is 0 Å². The zero-order chi connectivity index (χ0) is 29.5. The summed E-state index contributed by atoms with van der Waals surface area (Å²) in [5.41, 5.74) is 0. The summed E-state index contributed by atoms with van der Waals surface area (Å²) >= 11 is 0. The van der Waals surface area contributed by atoms with Crippen LogP contribution < -0.4 is 0 Å². The molecule has 3 atom stereocenters. The Labute approximate surface area is 253 Å². The van der Waals surface area contributed by atoms with Crippen molar-refractivity contribution >= 4 is 0 Å². The number of hydrogen-bond donors (Lipinski definition) is 0. The quantitative estimate of drug-likeness (QED) is 0.0736. The van der Waals surface area contributed by atoms with Crippen LogP contribution in [0.15, 0.2) is 0 Å². The van der Waals surface area contributed by atoms with Crippen LogP contribution in [0.3, 0.4) is 0 Å². The van der Waals surface area contributed by atoms with Gasteiger partial charge < -0.3 is 14.2 Å². The van der Waals surface area contributed by atoms with Crippen molar-refractivity contribution in [1.82, 2.24) is 4.90 Å². The van der Waals surface area contributed by atoms with Crippen molar-refractivity contribution in [2.24, 2.45) is 17.8 Å². The molecule has 0 aromatic heterocycles. The summed E-state index contributed by atoms with van der Waals surface area (Å²) < 4.78 is 18.3. The molecule has 0 radical (unpaired) electrons. The molecule has 0 aliphatic heterocycles. The number of nitrogens with zero attached hydrogens (tertiary/aromatic N) is 1. The fourth-order valence-corrected chi connectivity index (χ4v) is 5.31. The van der Waals surface area contributed by atoms with Crippen molar-refractivity contribution in [3.63, 3.8) is 0 Å². The molecule has 4 heteroatoms. The SMILES string of the molecule is CCCCCCCC(C)COCCN(CCOCC(C)CCCCCCC)CCOCC(C)CCCCCCC. The fraction of sp³-hybridized carbons (Fsp3) is 1.00. The second kappa shape index (κ2) is 31.8. The summed E-state index contributed by atoms with van der Waals surface area (Å²) in [7, 11) is 0. The van der Waals surface area contributed by atoms with E-state index in [9.17, 15) is 0 Å². The van der Waals surface area contributed by atoms with Gasteiger partial charge in [0.1, 0.15) is 0 Å². The maximum atomic E-state index is 6.11. The second-order valence-corrected chi connectivity index (χ2v) is 13.0. The smallest absolute Gasteiger partial charge is 0.0593 e. The molecule has 0 rings (SSSR count). The molecule has 3 unspecified atom stereocenters. The van der Waals surface area contributed by atoms with Gasteiger partial charge in [-0.15, -0.1) is 0 Å². The average molecular weight is 570 g/mol. The zero-order valence-electron chi connectivity index (χ0n) is 28.5. The minimum atomic E-state index is 0.661. The molecular formula is C36H75NO3. The second-order valence-electron chi connectivity index (χ2n) is 13.0. The van der Waals surface area contributed by atoms with Crippen LogP contribution in [0.1, 0.15) is 157 Å². The largest absolute Gasteiger partial charge is 0.380 e. The lowest BCUT2D eigenvalue weighted by Crippen LogP contribution is -2.34. The van der Waals surface area contributed by atoms with Gasteiger partial charge in [0.15, 0.2) is 0 Å². The molecule has 0 saturated carbocycles. The highest BCUT2D eigenvalue weighted by atomic mass is 16.5. The first kappa shape index (κ1) is 39.8. The Morgan fingerprint density at radius 3 is 0.950 bits per heavy atom.